The van der Waals surface area contributed by atoms with E-state index in [9.17, 15) is 0 Å². The third-order valence-corrected chi connectivity index (χ3v) is 4.59. The lowest BCUT2D eigenvalue weighted by molar-refractivity contribution is 0.392. The molecule has 3 aromatic rings. The van der Waals surface area contributed by atoms with Gasteiger partial charge in [-0.2, -0.15) is 0 Å². The van der Waals surface area contributed by atoms with Gasteiger partial charge in [0.15, 0.2) is 0 Å². The molecular formula is C18H20N2OS. The zero-order valence-corrected chi connectivity index (χ0v) is 14.0. The van der Waals surface area contributed by atoms with Crippen molar-refractivity contribution in [1.29, 1.82) is 0 Å². The van der Waals surface area contributed by atoms with Crippen LogP contribution in [0.25, 0.3) is 10.9 Å². The number of ether oxygens (including phenoxy) is 1. The minimum Gasteiger partial charge on any atom is -0.481 e. The van der Waals surface area contributed by atoms with Crippen molar-refractivity contribution < 1.29 is 4.74 Å². The maximum Gasteiger partial charge on any atom is 0.218 e. The molecule has 2 aromatic heterocycles. The Balaban J connectivity index is 1.87. The number of pyridine rings is 1. The van der Waals surface area contributed by atoms with Gasteiger partial charge in [0.1, 0.15) is 0 Å². The van der Waals surface area contributed by atoms with Crippen LogP contribution in [0.3, 0.4) is 0 Å². The zero-order chi connectivity index (χ0) is 15.5. The van der Waals surface area contributed by atoms with Gasteiger partial charge < -0.3 is 10.1 Å². The van der Waals surface area contributed by atoms with Crippen molar-refractivity contribution in [2.24, 2.45) is 0 Å². The number of aromatic nitrogens is 1. The summed E-state index contributed by atoms with van der Waals surface area (Å²) in [5.41, 5.74) is 4.57. The van der Waals surface area contributed by atoms with Crippen LogP contribution >= 0.6 is 11.3 Å². The Hall–Kier alpha value is -1.91. The first-order chi connectivity index (χ1) is 10.7. The number of nitrogens with one attached hydrogen (secondary N) is 1. The molecule has 0 aliphatic carbocycles. The Morgan fingerprint density at radius 2 is 2.05 bits per heavy atom. The minimum atomic E-state index is 0.705. The first-order valence-electron chi connectivity index (χ1n) is 7.35. The smallest absolute Gasteiger partial charge is 0.218 e. The zero-order valence-electron chi connectivity index (χ0n) is 13.1. The molecule has 22 heavy (non-hydrogen) atoms. The van der Waals surface area contributed by atoms with Gasteiger partial charge in [-0.3, -0.25) is 0 Å². The van der Waals surface area contributed by atoms with Gasteiger partial charge in [0.2, 0.25) is 5.88 Å². The maximum absolute atomic E-state index is 5.47. The molecule has 0 bridgehead atoms. The highest BCUT2D eigenvalue weighted by atomic mass is 32.1. The fourth-order valence-corrected chi connectivity index (χ4v) is 3.37. The molecule has 0 aliphatic rings. The van der Waals surface area contributed by atoms with Crippen molar-refractivity contribution in [3.05, 3.63) is 57.3 Å². The third kappa shape index (κ3) is 3.13. The SMILES string of the molecule is COc1nc2cc(C)cc(C)c2cc1CNCc1cccs1. The van der Waals surface area contributed by atoms with E-state index in [0.29, 0.717) is 5.88 Å². The van der Waals surface area contributed by atoms with Crippen LogP contribution in [0.1, 0.15) is 21.6 Å². The Morgan fingerprint density at radius 1 is 1.18 bits per heavy atom. The second kappa shape index (κ2) is 6.46. The molecule has 0 aliphatic heterocycles. The van der Waals surface area contributed by atoms with Gasteiger partial charge in [-0.05, 0) is 48.6 Å². The fourth-order valence-electron chi connectivity index (χ4n) is 2.69. The van der Waals surface area contributed by atoms with Crippen LogP contribution in [0.4, 0.5) is 0 Å². The van der Waals surface area contributed by atoms with Crippen molar-refractivity contribution in [2.45, 2.75) is 26.9 Å². The molecular weight excluding hydrogens is 292 g/mol. The fraction of sp³-hybridized carbons (Fsp3) is 0.278. The number of hydrogen-bond donors (Lipinski definition) is 1. The van der Waals surface area contributed by atoms with E-state index in [1.165, 1.54) is 21.4 Å². The van der Waals surface area contributed by atoms with Gasteiger partial charge >= 0.3 is 0 Å². The van der Waals surface area contributed by atoms with Crippen molar-refractivity contribution >= 4 is 22.2 Å². The monoisotopic (exact) mass is 312 g/mol. The summed E-state index contributed by atoms with van der Waals surface area (Å²) in [5, 5.41) is 6.76. The summed E-state index contributed by atoms with van der Waals surface area (Å²) in [4.78, 5) is 6.00. The molecule has 0 unspecified atom stereocenters. The molecule has 3 nitrogen and oxygen atoms in total. The standard InChI is InChI=1S/C18H20N2OS/c1-12-7-13(2)16-9-14(18(21-3)20-17(16)8-12)10-19-11-15-5-4-6-22-15/h4-9,19H,10-11H2,1-3H3. The van der Waals surface area contributed by atoms with Crippen LogP contribution in [0.5, 0.6) is 5.88 Å². The molecule has 0 fully saturated rings. The number of rotatable bonds is 5. The van der Waals surface area contributed by atoms with Gasteiger partial charge in [-0.25, -0.2) is 4.98 Å². The van der Waals surface area contributed by atoms with E-state index in [0.717, 1.165) is 24.2 Å². The van der Waals surface area contributed by atoms with E-state index in [-0.39, 0.29) is 0 Å². The summed E-state index contributed by atoms with van der Waals surface area (Å²) in [6.45, 7) is 5.84. The van der Waals surface area contributed by atoms with Crippen LogP contribution in [-0.4, -0.2) is 12.1 Å². The Kier molecular flexibility index (Phi) is 4.41. The number of nitrogens with zero attached hydrogens (tertiary/aromatic N) is 1. The normalized spacial score (nSPS) is 11.0. The van der Waals surface area contributed by atoms with Crippen LogP contribution in [0.2, 0.25) is 0 Å². The van der Waals surface area contributed by atoms with E-state index in [1.807, 2.05) is 0 Å². The van der Waals surface area contributed by atoms with E-state index >= 15 is 0 Å². The number of thiophene rings is 1. The van der Waals surface area contributed by atoms with E-state index in [1.54, 1.807) is 18.4 Å². The summed E-state index contributed by atoms with van der Waals surface area (Å²) in [5.74, 6) is 0.705. The van der Waals surface area contributed by atoms with Crippen LogP contribution < -0.4 is 10.1 Å². The van der Waals surface area contributed by atoms with Crippen molar-refractivity contribution in [3.63, 3.8) is 0 Å². The minimum absolute atomic E-state index is 0.705. The average Bonchev–Trinajstić information content (AvgIpc) is 3.00. The molecule has 3 rings (SSSR count). The summed E-state index contributed by atoms with van der Waals surface area (Å²) in [6, 6.07) is 10.7. The highest BCUT2D eigenvalue weighted by molar-refractivity contribution is 7.09. The van der Waals surface area contributed by atoms with E-state index in [4.69, 9.17) is 4.74 Å². The number of benzene rings is 1. The number of hydrogen-bond acceptors (Lipinski definition) is 4. The van der Waals surface area contributed by atoms with Gasteiger partial charge in [-0.15, -0.1) is 11.3 Å². The summed E-state index contributed by atoms with van der Waals surface area (Å²) < 4.78 is 5.47. The summed E-state index contributed by atoms with van der Waals surface area (Å²) in [6.07, 6.45) is 0. The first-order valence-corrected chi connectivity index (χ1v) is 8.23. The molecule has 2 heterocycles. The molecule has 114 valence electrons. The van der Waals surface area contributed by atoms with Crippen LogP contribution in [0, 0.1) is 13.8 Å². The molecule has 0 saturated heterocycles. The Morgan fingerprint density at radius 3 is 2.77 bits per heavy atom. The predicted molar refractivity (Wildman–Crippen MR) is 92.6 cm³/mol. The quantitative estimate of drug-likeness (QED) is 0.766. The molecule has 4 heteroatoms. The van der Waals surface area contributed by atoms with Crippen molar-refractivity contribution in [2.75, 3.05) is 7.11 Å². The molecule has 1 N–H and O–H groups in total. The second-order valence-corrected chi connectivity index (χ2v) is 6.52. The van der Waals surface area contributed by atoms with Crippen LogP contribution in [0.15, 0.2) is 35.7 Å². The molecule has 1 aromatic carbocycles. The Labute approximate surface area is 135 Å². The Bertz CT molecular complexity index is 781. The highest BCUT2D eigenvalue weighted by Gasteiger charge is 2.09. The molecule has 0 amide bonds. The molecule has 0 atom stereocenters. The third-order valence-electron chi connectivity index (χ3n) is 3.71. The lowest BCUT2D eigenvalue weighted by Gasteiger charge is -2.12. The number of methoxy groups -OCH3 is 1. The summed E-state index contributed by atoms with van der Waals surface area (Å²) in [7, 11) is 1.68. The second-order valence-electron chi connectivity index (χ2n) is 5.49. The molecule has 0 spiro atoms. The van der Waals surface area contributed by atoms with Crippen LogP contribution in [-0.2, 0) is 13.1 Å². The maximum atomic E-state index is 5.47. The number of aryl methyl sites for hydroxylation is 2. The topological polar surface area (TPSA) is 34.1 Å². The first kappa shape index (κ1) is 15.0. The van der Waals surface area contributed by atoms with E-state index < -0.39 is 0 Å². The van der Waals surface area contributed by atoms with Gasteiger partial charge in [0, 0.05) is 28.9 Å². The summed E-state index contributed by atoms with van der Waals surface area (Å²) >= 11 is 1.77. The molecule has 0 saturated carbocycles. The van der Waals surface area contributed by atoms with Gasteiger partial charge in [0.25, 0.3) is 0 Å². The predicted octanol–water partition coefficient (Wildman–Crippen LogP) is 4.21. The van der Waals surface area contributed by atoms with E-state index in [2.05, 4.69) is 59.9 Å². The lowest BCUT2D eigenvalue weighted by atomic mass is 10.0. The highest BCUT2D eigenvalue weighted by Crippen LogP contribution is 2.25. The van der Waals surface area contributed by atoms with Gasteiger partial charge in [-0.1, -0.05) is 12.1 Å². The average molecular weight is 312 g/mol. The van der Waals surface area contributed by atoms with Crippen molar-refractivity contribution in [3.8, 4) is 5.88 Å². The lowest BCUT2D eigenvalue weighted by Crippen LogP contribution is -2.13. The molecule has 0 radical (unpaired) electrons. The number of fused-ring (bicyclic) bond motifs is 1. The van der Waals surface area contributed by atoms with Gasteiger partial charge in [0.05, 0.1) is 12.6 Å². The van der Waals surface area contributed by atoms with Crippen molar-refractivity contribution in [1.82, 2.24) is 10.3 Å². The largest absolute Gasteiger partial charge is 0.481 e.